The number of hydrogen-bond acceptors (Lipinski definition) is 4. The molecule has 112 valence electrons. The van der Waals surface area contributed by atoms with Gasteiger partial charge in [-0.3, -0.25) is 9.00 Å². The van der Waals surface area contributed by atoms with Crippen molar-refractivity contribution in [3.05, 3.63) is 28.0 Å². The van der Waals surface area contributed by atoms with E-state index < -0.39 is 42.0 Å². The van der Waals surface area contributed by atoms with E-state index in [0.717, 1.165) is 12.1 Å². The third-order valence-electron chi connectivity index (χ3n) is 2.20. The minimum absolute atomic E-state index is 0.0730. The van der Waals surface area contributed by atoms with Crippen LogP contribution in [0.2, 0.25) is 0 Å². The van der Waals surface area contributed by atoms with Crippen molar-refractivity contribution in [1.29, 1.82) is 0 Å². The second-order valence-corrected chi connectivity index (χ2v) is 8.68. The van der Waals surface area contributed by atoms with Crippen LogP contribution in [0.15, 0.2) is 21.5 Å². The van der Waals surface area contributed by atoms with Crippen molar-refractivity contribution in [3.8, 4) is 0 Å². The van der Waals surface area contributed by atoms with Gasteiger partial charge in [-0.15, -0.1) is 0 Å². The largest absolute Gasteiger partial charge is 0.351 e. The Morgan fingerprint density at radius 1 is 1.50 bits per heavy atom. The number of nitrogens with one attached hydrogen (secondary N) is 1. The van der Waals surface area contributed by atoms with Gasteiger partial charge in [0.25, 0.3) is 15.0 Å². The second-order valence-electron chi connectivity index (χ2n) is 3.73. The normalized spacial score (nSPS) is 13.0. The molecule has 1 unspecified atom stereocenters. The SMILES string of the molecule is CS(=O)CCNC(=O)c1cc(S(=O)(=O)Cl)c(Br)cc1F. The van der Waals surface area contributed by atoms with Gasteiger partial charge in [-0.05, 0) is 28.1 Å². The van der Waals surface area contributed by atoms with Gasteiger partial charge in [0.2, 0.25) is 0 Å². The average Bonchev–Trinajstić information content (AvgIpc) is 2.26. The Morgan fingerprint density at radius 3 is 2.60 bits per heavy atom. The maximum absolute atomic E-state index is 13.7. The standard InChI is InChI=1S/C10H10BrClFNO4S2/c1-19(16)3-2-14-10(15)6-4-9(20(12,17)18)7(11)5-8(6)13/h4-5H,2-3H2,1H3,(H,14,15). The van der Waals surface area contributed by atoms with E-state index in [2.05, 4.69) is 21.2 Å². The fraction of sp³-hybridized carbons (Fsp3) is 0.300. The Kier molecular flexibility index (Phi) is 6.11. The fourth-order valence-electron chi connectivity index (χ4n) is 1.29. The summed E-state index contributed by atoms with van der Waals surface area (Å²) in [7, 11) is -0.0224. The van der Waals surface area contributed by atoms with Crippen LogP contribution in [-0.2, 0) is 19.9 Å². The Hall–Kier alpha value is -0.510. The minimum atomic E-state index is -4.11. The lowest BCUT2D eigenvalue weighted by molar-refractivity contribution is 0.0952. The monoisotopic (exact) mass is 405 g/mol. The molecule has 0 bridgehead atoms. The van der Waals surface area contributed by atoms with Gasteiger partial charge in [-0.2, -0.15) is 0 Å². The first-order chi connectivity index (χ1) is 9.12. The van der Waals surface area contributed by atoms with Crippen molar-refractivity contribution in [2.75, 3.05) is 18.6 Å². The van der Waals surface area contributed by atoms with Crippen LogP contribution in [0.5, 0.6) is 0 Å². The van der Waals surface area contributed by atoms with Gasteiger partial charge in [0.15, 0.2) is 0 Å². The van der Waals surface area contributed by atoms with Crippen molar-refractivity contribution in [2.45, 2.75) is 4.90 Å². The van der Waals surface area contributed by atoms with E-state index in [-0.39, 0.29) is 16.8 Å². The molecule has 0 saturated heterocycles. The molecule has 1 N–H and O–H groups in total. The summed E-state index contributed by atoms with van der Waals surface area (Å²) in [6.45, 7) is 0.0837. The van der Waals surface area contributed by atoms with Gasteiger partial charge in [0.05, 0.1) is 10.5 Å². The van der Waals surface area contributed by atoms with Crippen LogP contribution in [-0.4, -0.2) is 37.1 Å². The number of halogens is 3. The lowest BCUT2D eigenvalue weighted by atomic mass is 10.2. The highest BCUT2D eigenvalue weighted by Crippen LogP contribution is 2.28. The van der Waals surface area contributed by atoms with Gasteiger partial charge in [-0.1, -0.05) is 0 Å². The molecular formula is C10H10BrClFNO4S2. The second kappa shape index (κ2) is 6.97. The predicted octanol–water partition coefficient (Wildman–Crippen LogP) is 1.62. The predicted molar refractivity (Wildman–Crippen MR) is 78.4 cm³/mol. The van der Waals surface area contributed by atoms with Crippen molar-refractivity contribution < 1.29 is 21.8 Å². The third-order valence-corrected chi connectivity index (χ3v) is 5.26. The molecule has 10 heteroatoms. The quantitative estimate of drug-likeness (QED) is 0.754. The molecular weight excluding hydrogens is 397 g/mol. The number of carbonyl (C=O) groups excluding carboxylic acids is 1. The fourth-order valence-corrected chi connectivity index (χ4v) is 3.85. The molecule has 0 heterocycles. The van der Waals surface area contributed by atoms with Gasteiger partial charge >= 0.3 is 0 Å². The number of hydrogen-bond donors (Lipinski definition) is 1. The van der Waals surface area contributed by atoms with Crippen LogP contribution in [0.25, 0.3) is 0 Å². The zero-order valence-electron chi connectivity index (χ0n) is 10.2. The van der Waals surface area contributed by atoms with Crippen molar-refractivity contribution >= 4 is 52.4 Å². The van der Waals surface area contributed by atoms with E-state index in [0.29, 0.717) is 0 Å². The van der Waals surface area contributed by atoms with Crippen molar-refractivity contribution in [2.24, 2.45) is 0 Å². The Morgan fingerprint density at radius 2 is 2.10 bits per heavy atom. The molecule has 0 aliphatic rings. The van der Waals surface area contributed by atoms with Crippen LogP contribution in [0.1, 0.15) is 10.4 Å². The molecule has 1 aromatic rings. The Balaban J connectivity index is 3.06. The maximum Gasteiger partial charge on any atom is 0.262 e. The van der Waals surface area contributed by atoms with E-state index in [4.69, 9.17) is 10.7 Å². The molecule has 0 saturated carbocycles. The highest BCUT2D eigenvalue weighted by Gasteiger charge is 2.21. The van der Waals surface area contributed by atoms with Gasteiger partial charge in [0.1, 0.15) is 5.82 Å². The van der Waals surface area contributed by atoms with Gasteiger partial charge in [0, 0.05) is 44.5 Å². The summed E-state index contributed by atoms with van der Waals surface area (Å²) in [5.74, 6) is -1.48. The highest BCUT2D eigenvalue weighted by molar-refractivity contribution is 9.10. The molecule has 1 aromatic carbocycles. The summed E-state index contributed by atoms with van der Waals surface area (Å²) in [6, 6.07) is 1.70. The van der Waals surface area contributed by atoms with Crippen LogP contribution < -0.4 is 5.32 Å². The van der Waals surface area contributed by atoms with Crippen molar-refractivity contribution in [3.63, 3.8) is 0 Å². The van der Waals surface area contributed by atoms with Crippen LogP contribution in [0, 0.1) is 5.82 Å². The number of carbonyl (C=O) groups is 1. The molecule has 5 nitrogen and oxygen atoms in total. The molecule has 0 spiro atoms. The van der Waals surface area contributed by atoms with E-state index in [9.17, 15) is 21.8 Å². The molecule has 0 aromatic heterocycles. The zero-order valence-corrected chi connectivity index (χ0v) is 14.1. The van der Waals surface area contributed by atoms with Crippen LogP contribution >= 0.6 is 26.6 Å². The van der Waals surface area contributed by atoms with Crippen LogP contribution in [0.4, 0.5) is 4.39 Å². The molecule has 0 radical (unpaired) electrons. The molecule has 0 aliphatic heterocycles. The first-order valence-electron chi connectivity index (χ1n) is 5.15. The third kappa shape index (κ3) is 4.80. The summed E-state index contributed by atoms with van der Waals surface area (Å²) in [5.41, 5.74) is -0.450. The summed E-state index contributed by atoms with van der Waals surface area (Å²) in [5, 5.41) is 2.34. The molecule has 1 amide bonds. The highest BCUT2D eigenvalue weighted by atomic mass is 79.9. The molecule has 1 atom stereocenters. The van der Waals surface area contributed by atoms with Gasteiger partial charge < -0.3 is 5.32 Å². The van der Waals surface area contributed by atoms with Crippen LogP contribution in [0.3, 0.4) is 0 Å². The van der Waals surface area contributed by atoms with E-state index in [1.807, 2.05) is 0 Å². The van der Waals surface area contributed by atoms with E-state index >= 15 is 0 Å². The summed E-state index contributed by atoms with van der Waals surface area (Å²) < 4.78 is 47.0. The zero-order chi connectivity index (χ0) is 15.5. The lowest BCUT2D eigenvalue weighted by Crippen LogP contribution is -2.28. The first kappa shape index (κ1) is 17.5. The van der Waals surface area contributed by atoms with Crippen molar-refractivity contribution in [1.82, 2.24) is 5.32 Å². The first-order valence-corrected chi connectivity index (χ1v) is 9.98. The summed E-state index contributed by atoms with van der Waals surface area (Å²) >= 11 is 2.86. The molecule has 20 heavy (non-hydrogen) atoms. The molecule has 0 fully saturated rings. The topological polar surface area (TPSA) is 80.3 Å². The van der Waals surface area contributed by atoms with E-state index in [1.54, 1.807) is 0 Å². The number of amides is 1. The summed E-state index contributed by atoms with van der Waals surface area (Å²) in [6.07, 6.45) is 1.46. The number of benzene rings is 1. The molecule has 0 aliphatic carbocycles. The Bertz CT molecular complexity index is 665. The lowest BCUT2D eigenvalue weighted by Gasteiger charge is -2.08. The number of rotatable bonds is 5. The Labute approximate surface area is 130 Å². The van der Waals surface area contributed by atoms with Gasteiger partial charge in [-0.25, -0.2) is 12.8 Å². The minimum Gasteiger partial charge on any atom is -0.351 e. The summed E-state index contributed by atoms with van der Waals surface area (Å²) in [4.78, 5) is 11.3. The molecule has 1 rings (SSSR count). The average molecular weight is 407 g/mol. The maximum atomic E-state index is 13.7. The smallest absolute Gasteiger partial charge is 0.262 e. The van der Waals surface area contributed by atoms with E-state index in [1.165, 1.54) is 6.26 Å².